The van der Waals surface area contributed by atoms with Gasteiger partial charge in [0.1, 0.15) is 11.5 Å². The predicted octanol–water partition coefficient (Wildman–Crippen LogP) is 2.73. The van der Waals surface area contributed by atoms with E-state index in [1.54, 1.807) is 14.2 Å². The highest BCUT2D eigenvalue weighted by Crippen LogP contribution is 2.42. The van der Waals surface area contributed by atoms with Crippen molar-refractivity contribution in [3.63, 3.8) is 0 Å². The molecule has 0 bridgehead atoms. The van der Waals surface area contributed by atoms with Gasteiger partial charge in [-0.25, -0.2) is 0 Å². The molecule has 17 heavy (non-hydrogen) atoms. The molecule has 0 aliphatic carbocycles. The van der Waals surface area contributed by atoms with Crippen LogP contribution in [0.2, 0.25) is 0 Å². The lowest BCUT2D eigenvalue weighted by molar-refractivity contribution is 0.391. The van der Waals surface area contributed by atoms with E-state index in [1.165, 1.54) is 5.56 Å². The molecule has 0 spiro atoms. The number of hydrogen-bond acceptors (Lipinski definition) is 4. The maximum absolute atomic E-state index is 6.29. The van der Waals surface area contributed by atoms with Crippen LogP contribution in [0.3, 0.4) is 0 Å². The highest BCUT2D eigenvalue weighted by Gasteiger charge is 2.25. The van der Waals surface area contributed by atoms with Crippen LogP contribution in [0.5, 0.6) is 11.5 Å². The van der Waals surface area contributed by atoms with Crippen LogP contribution < -0.4 is 15.2 Å². The third-order valence-corrected chi connectivity index (χ3v) is 4.40. The number of rotatable bonds is 2. The standard InChI is InChI=1S/C13H19NO2S/c1-8-6-10(14)13-9(7-17-8)11(15-2)4-5-12(13)16-3/h4-5,8,10H,6-7,14H2,1-3H3/t8?,10-/m1/s1. The van der Waals surface area contributed by atoms with E-state index in [2.05, 4.69) is 6.92 Å². The van der Waals surface area contributed by atoms with E-state index < -0.39 is 0 Å². The van der Waals surface area contributed by atoms with Gasteiger partial charge >= 0.3 is 0 Å². The van der Waals surface area contributed by atoms with Crippen molar-refractivity contribution in [3.05, 3.63) is 23.3 Å². The molecule has 1 heterocycles. The molecule has 2 N–H and O–H groups in total. The Morgan fingerprint density at radius 1 is 1.24 bits per heavy atom. The van der Waals surface area contributed by atoms with Crippen LogP contribution in [0.25, 0.3) is 0 Å². The van der Waals surface area contributed by atoms with E-state index in [1.807, 2.05) is 23.9 Å². The molecule has 1 aliphatic rings. The molecule has 4 heteroatoms. The number of fused-ring (bicyclic) bond motifs is 1. The van der Waals surface area contributed by atoms with Gasteiger partial charge in [0, 0.05) is 28.2 Å². The van der Waals surface area contributed by atoms with Crippen LogP contribution >= 0.6 is 11.8 Å². The van der Waals surface area contributed by atoms with Gasteiger partial charge in [-0.15, -0.1) is 0 Å². The second-order valence-corrected chi connectivity index (χ2v) is 5.75. The zero-order valence-electron chi connectivity index (χ0n) is 10.5. The molecule has 0 radical (unpaired) electrons. The van der Waals surface area contributed by atoms with Crippen LogP contribution in [0, 0.1) is 0 Å². The van der Waals surface area contributed by atoms with Crippen molar-refractivity contribution in [3.8, 4) is 11.5 Å². The highest BCUT2D eigenvalue weighted by molar-refractivity contribution is 7.99. The Morgan fingerprint density at radius 3 is 2.53 bits per heavy atom. The summed E-state index contributed by atoms with van der Waals surface area (Å²) in [6.07, 6.45) is 0.973. The van der Waals surface area contributed by atoms with Crippen molar-refractivity contribution in [2.75, 3.05) is 14.2 Å². The molecule has 0 saturated heterocycles. The van der Waals surface area contributed by atoms with Crippen molar-refractivity contribution in [2.45, 2.75) is 30.4 Å². The molecule has 3 nitrogen and oxygen atoms in total. The zero-order valence-corrected chi connectivity index (χ0v) is 11.3. The van der Waals surface area contributed by atoms with Crippen LogP contribution in [-0.4, -0.2) is 19.5 Å². The lowest BCUT2D eigenvalue weighted by atomic mass is 9.96. The summed E-state index contributed by atoms with van der Waals surface area (Å²) in [5.41, 5.74) is 8.59. The van der Waals surface area contributed by atoms with Crippen LogP contribution in [0.15, 0.2) is 12.1 Å². The summed E-state index contributed by atoms with van der Waals surface area (Å²) in [7, 11) is 3.39. The Balaban J connectivity index is 2.54. The Hall–Kier alpha value is -0.870. The molecule has 1 unspecified atom stereocenters. The number of ether oxygens (including phenoxy) is 2. The number of methoxy groups -OCH3 is 2. The van der Waals surface area contributed by atoms with Gasteiger partial charge in [-0.2, -0.15) is 11.8 Å². The summed E-state index contributed by atoms with van der Waals surface area (Å²) >= 11 is 1.92. The Labute approximate surface area is 107 Å². The Morgan fingerprint density at radius 2 is 1.88 bits per heavy atom. The predicted molar refractivity (Wildman–Crippen MR) is 71.8 cm³/mol. The summed E-state index contributed by atoms with van der Waals surface area (Å²) in [4.78, 5) is 0. The van der Waals surface area contributed by atoms with Gasteiger partial charge in [0.25, 0.3) is 0 Å². The first-order valence-electron chi connectivity index (χ1n) is 5.78. The smallest absolute Gasteiger partial charge is 0.124 e. The van der Waals surface area contributed by atoms with Crippen molar-refractivity contribution >= 4 is 11.8 Å². The number of hydrogen-bond donors (Lipinski definition) is 1. The maximum Gasteiger partial charge on any atom is 0.124 e. The van der Waals surface area contributed by atoms with Crippen molar-refractivity contribution in [1.29, 1.82) is 0 Å². The first-order chi connectivity index (χ1) is 8.17. The molecule has 0 amide bonds. The SMILES string of the molecule is COc1ccc(OC)c2c1CSC(C)C[C@H]2N. The fraction of sp³-hybridized carbons (Fsp3) is 0.538. The summed E-state index contributed by atoms with van der Waals surface area (Å²) < 4.78 is 10.9. The number of thioether (sulfide) groups is 1. The topological polar surface area (TPSA) is 44.5 Å². The first kappa shape index (κ1) is 12.6. The zero-order chi connectivity index (χ0) is 12.4. The minimum absolute atomic E-state index is 0.0278. The molecule has 1 aromatic rings. The molecular weight excluding hydrogens is 234 g/mol. The van der Waals surface area contributed by atoms with E-state index in [0.717, 1.165) is 29.2 Å². The minimum atomic E-state index is 0.0278. The highest BCUT2D eigenvalue weighted by atomic mass is 32.2. The van der Waals surface area contributed by atoms with Gasteiger partial charge in [-0.3, -0.25) is 0 Å². The van der Waals surface area contributed by atoms with Gasteiger partial charge in [-0.1, -0.05) is 6.92 Å². The molecule has 94 valence electrons. The summed E-state index contributed by atoms with van der Waals surface area (Å²) in [5, 5.41) is 0.562. The average Bonchev–Trinajstić information content (AvgIpc) is 2.48. The van der Waals surface area contributed by atoms with Crippen molar-refractivity contribution in [2.24, 2.45) is 5.73 Å². The lowest BCUT2D eigenvalue weighted by Gasteiger charge is -2.19. The summed E-state index contributed by atoms with van der Waals surface area (Å²) in [6.45, 7) is 2.22. The minimum Gasteiger partial charge on any atom is -0.496 e. The van der Waals surface area contributed by atoms with Gasteiger partial charge in [0.15, 0.2) is 0 Å². The third-order valence-electron chi connectivity index (χ3n) is 3.18. The van der Waals surface area contributed by atoms with Gasteiger partial charge in [-0.05, 0) is 18.6 Å². The van der Waals surface area contributed by atoms with E-state index in [-0.39, 0.29) is 6.04 Å². The molecule has 2 rings (SSSR count). The van der Waals surface area contributed by atoms with Gasteiger partial charge in [0.05, 0.1) is 14.2 Å². The molecule has 0 aromatic heterocycles. The number of benzene rings is 1. The average molecular weight is 253 g/mol. The van der Waals surface area contributed by atoms with E-state index in [4.69, 9.17) is 15.2 Å². The molecule has 0 fully saturated rings. The first-order valence-corrected chi connectivity index (χ1v) is 6.83. The monoisotopic (exact) mass is 253 g/mol. The summed E-state index contributed by atoms with van der Waals surface area (Å²) in [6, 6.07) is 3.93. The molecular formula is C13H19NO2S. The largest absolute Gasteiger partial charge is 0.496 e. The Bertz CT molecular complexity index is 409. The molecule has 2 atom stereocenters. The van der Waals surface area contributed by atoms with Crippen LogP contribution in [0.4, 0.5) is 0 Å². The van der Waals surface area contributed by atoms with Crippen LogP contribution in [0.1, 0.15) is 30.5 Å². The molecule has 1 aromatic carbocycles. The quantitative estimate of drug-likeness (QED) is 0.880. The van der Waals surface area contributed by atoms with E-state index in [9.17, 15) is 0 Å². The van der Waals surface area contributed by atoms with Crippen LogP contribution in [-0.2, 0) is 5.75 Å². The fourth-order valence-corrected chi connectivity index (χ4v) is 3.41. The van der Waals surface area contributed by atoms with E-state index in [0.29, 0.717) is 5.25 Å². The normalized spacial score (nSPS) is 23.8. The Kier molecular flexibility index (Phi) is 3.84. The lowest BCUT2D eigenvalue weighted by Crippen LogP contribution is -2.15. The third kappa shape index (κ3) is 2.38. The van der Waals surface area contributed by atoms with Crippen molar-refractivity contribution in [1.82, 2.24) is 0 Å². The van der Waals surface area contributed by atoms with Gasteiger partial charge < -0.3 is 15.2 Å². The second kappa shape index (κ2) is 5.19. The van der Waals surface area contributed by atoms with Crippen molar-refractivity contribution < 1.29 is 9.47 Å². The fourth-order valence-electron chi connectivity index (χ4n) is 2.32. The van der Waals surface area contributed by atoms with E-state index >= 15 is 0 Å². The second-order valence-electron chi connectivity index (χ2n) is 4.33. The number of nitrogens with two attached hydrogens (primary N) is 1. The van der Waals surface area contributed by atoms with Gasteiger partial charge in [0.2, 0.25) is 0 Å². The molecule has 0 saturated carbocycles. The molecule has 1 aliphatic heterocycles. The maximum atomic E-state index is 6.29. The summed E-state index contributed by atoms with van der Waals surface area (Å²) in [5.74, 6) is 2.73.